The van der Waals surface area contributed by atoms with Crippen molar-refractivity contribution < 1.29 is 77.2 Å². The summed E-state index contributed by atoms with van der Waals surface area (Å²) in [6.07, 6.45) is -6.06. The lowest BCUT2D eigenvalue weighted by Crippen LogP contribution is -2.68. The van der Waals surface area contributed by atoms with Crippen LogP contribution >= 0.6 is 11.6 Å². The minimum Gasteiger partial charge on any atom is -0.465 e. The molecule has 3 amide bonds. The molecule has 0 aliphatic carbocycles. The lowest BCUT2D eigenvalue weighted by atomic mass is 9.88. The van der Waals surface area contributed by atoms with Gasteiger partial charge in [-0.15, -0.1) is 0 Å². The van der Waals surface area contributed by atoms with Gasteiger partial charge in [-0.1, -0.05) is 30.2 Å². The number of amides is 3. The van der Waals surface area contributed by atoms with Crippen molar-refractivity contribution in [2.75, 3.05) is 92.8 Å². The van der Waals surface area contributed by atoms with E-state index in [0.717, 1.165) is 14.0 Å². The Morgan fingerprint density at radius 3 is 2.10 bits per heavy atom. The van der Waals surface area contributed by atoms with Crippen molar-refractivity contribution in [1.82, 2.24) is 16.0 Å². The number of carbonyl (C=O) groups excluding carboxylic acids is 5. The van der Waals surface area contributed by atoms with E-state index in [1.807, 2.05) is 0 Å². The number of rotatable bonds is 31. The van der Waals surface area contributed by atoms with E-state index in [-0.39, 0.29) is 25.4 Å². The smallest absolute Gasteiger partial charge is 0.366 e. The Bertz CT molecular complexity index is 1400. The zero-order chi connectivity index (χ0) is 43.5. The van der Waals surface area contributed by atoms with Crippen LogP contribution in [-0.2, 0) is 68.3 Å². The molecule has 1 heterocycles. The Balaban J connectivity index is 1.85. The molecule has 8 N–H and O–H groups in total. The molecule has 0 spiro atoms. The number of unbranched alkanes of at least 4 members (excludes halogenated alkanes) is 2. The van der Waals surface area contributed by atoms with Gasteiger partial charge in [0.2, 0.25) is 11.8 Å². The predicted molar refractivity (Wildman–Crippen MR) is 209 cm³/mol. The maximum atomic E-state index is 13.2. The summed E-state index contributed by atoms with van der Waals surface area (Å²) in [7, 11) is 1.06. The molecule has 21 heteroatoms. The summed E-state index contributed by atoms with van der Waals surface area (Å²) in [5.41, 5.74) is 5.97. The molecule has 59 heavy (non-hydrogen) atoms. The van der Waals surface area contributed by atoms with E-state index in [1.54, 1.807) is 24.3 Å². The summed E-state index contributed by atoms with van der Waals surface area (Å²) >= 11 is 5.90. The molecule has 1 aliphatic rings. The quantitative estimate of drug-likeness (QED) is 0.0331. The minimum absolute atomic E-state index is 0.0608. The van der Waals surface area contributed by atoms with Crippen LogP contribution < -0.4 is 21.7 Å². The Morgan fingerprint density at radius 2 is 1.49 bits per heavy atom. The Kier molecular flexibility index (Phi) is 25.9. The summed E-state index contributed by atoms with van der Waals surface area (Å²) in [6.45, 7) is 3.91. The lowest BCUT2D eigenvalue weighted by molar-refractivity contribution is -0.311. The van der Waals surface area contributed by atoms with E-state index < -0.39 is 79.6 Å². The predicted octanol–water partition coefficient (Wildman–Crippen LogP) is -1.49. The largest absolute Gasteiger partial charge is 0.465 e. The second-order valence-corrected chi connectivity index (χ2v) is 13.8. The summed E-state index contributed by atoms with van der Waals surface area (Å²) in [6, 6.07) is 5.08. The van der Waals surface area contributed by atoms with Crippen LogP contribution in [0.15, 0.2) is 24.3 Å². The highest BCUT2D eigenvalue weighted by atomic mass is 35.5. The number of nitrogens with one attached hydrogen (secondary N) is 3. The van der Waals surface area contributed by atoms with Gasteiger partial charge in [0, 0.05) is 44.4 Å². The number of aliphatic hydroxyl groups excluding tert-OH is 3. The van der Waals surface area contributed by atoms with Gasteiger partial charge in [-0.3, -0.25) is 19.2 Å². The van der Waals surface area contributed by atoms with Crippen molar-refractivity contribution in [2.45, 2.75) is 81.7 Å². The topological polar surface area (TPSA) is 282 Å². The molecule has 1 aromatic rings. The maximum absolute atomic E-state index is 13.2. The number of methoxy groups -OCH3 is 1. The highest BCUT2D eigenvalue weighted by Gasteiger charge is 2.56. The molecule has 1 saturated heterocycles. The molecule has 0 aromatic heterocycles. The number of aliphatic hydroxyl groups is 3. The van der Waals surface area contributed by atoms with Crippen LogP contribution in [0.2, 0.25) is 5.02 Å². The molecule has 0 saturated carbocycles. The summed E-state index contributed by atoms with van der Waals surface area (Å²) in [4.78, 5) is 61.9. The zero-order valence-electron chi connectivity index (χ0n) is 33.7. The molecule has 0 unspecified atom stereocenters. The lowest BCUT2D eigenvalue weighted by Gasteiger charge is -2.47. The first-order chi connectivity index (χ1) is 28.3. The van der Waals surface area contributed by atoms with Crippen LogP contribution in [0.3, 0.4) is 0 Å². The first-order valence-electron chi connectivity index (χ1n) is 19.5. The van der Waals surface area contributed by atoms with Crippen LogP contribution in [0.1, 0.15) is 44.6 Å². The molecule has 1 aromatic carbocycles. The molecular formula is C38H61ClN4O16. The standard InChI is InChI=1S/C38H61ClN4O16/c1-26(44)57-25-33(49)43-34-29(45)23-38(37(51)52-2,59-36(34)35(50)30(46)24-42-32(48)22-27-7-9-28(39)10-8-27)58-13-5-3-4-6-31(47)41-12-15-54-17-19-56-21-20-55-18-16-53-14-11-40/h7-10,29-30,34-36,45-46,50H,3-6,11-25,40H2,1-2H3,(H,41,47)(H,42,48)(H,43,49)/t29-,30+,34+,35+,36+,38+/m0/s1. The Morgan fingerprint density at radius 1 is 0.864 bits per heavy atom. The maximum Gasteiger partial charge on any atom is 0.366 e. The average Bonchev–Trinajstić information content (AvgIpc) is 3.21. The monoisotopic (exact) mass is 864 g/mol. The molecular weight excluding hydrogens is 804 g/mol. The molecule has 6 atom stereocenters. The number of halogens is 1. The van der Waals surface area contributed by atoms with Crippen molar-refractivity contribution >= 4 is 41.3 Å². The third kappa shape index (κ3) is 21.0. The van der Waals surface area contributed by atoms with E-state index in [0.29, 0.717) is 95.8 Å². The van der Waals surface area contributed by atoms with E-state index in [1.165, 1.54) is 0 Å². The molecule has 0 radical (unpaired) electrons. The second kappa shape index (κ2) is 29.6. The fraction of sp³-hybridized carbons (Fsp3) is 0.711. The van der Waals surface area contributed by atoms with E-state index in [2.05, 4.69) is 16.0 Å². The van der Waals surface area contributed by atoms with Crippen molar-refractivity contribution in [3.8, 4) is 0 Å². The number of esters is 2. The molecule has 336 valence electrons. The van der Waals surface area contributed by atoms with Gasteiger partial charge in [-0.2, -0.15) is 0 Å². The van der Waals surface area contributed by atoms with Gasteiger partial charge in [-0.05, 0) is 30.5 Å². The highest BCUT2D eigenvalue weighted by molar-refractivity contribution is 6.30. The van der Waals surface area contributed by atoms with Gasteiger partial charge < -0.3 is 74.9 Å². The summed E-state index contributed by atoms with van der Waals surface area (Å²) in [5.74, 6) is -5.64. The fourth-order valence-corrected chi connectivity index (χ4v) is 5.79. The molecule has 1 fully saturated rings. The summed E-state index contributed by atoms with van der Waals surface area (Å²) in [5, 5.41) is 41.7. The fourth-order valence-electron chi connectivity index (χ4n) is 5.66. The van der Waals surface area contributed by atoms with Crippen molar-refractivity contribution in [2.24, 2.45) is 5.73 Å². The minimum atomic E-state index is -2.29. The van der Waals surface area contributed by atoms with Crippen LogP contribution in [0.5, 0.6) is 0 Å². The molecule has 2 rings (SSSR count). The Labute approximate surface area is 348 Å². The van der Waals surface area contributed by atoms with E-state index in [9.17, 15) is 39.3 Å². The van der Waals surface area contributed by atoms with Crippen molar-refractivity contribution in [3.63, 3.8) is 0 Å². The molecule has 0 bridgehead atoms. The number of hydrogen-bond acceptors (Lipinski definition) is 17. The normalized spacial score (nSPS) is 19.9. The molecule has 1 aliphatic heterocycles. The average molecular weight is 865 g/mol. The van der Waals surface area contributed by atoms with Crippen molar-refractivity contribution in [3.05, 3.63) is 34.9 Å². The first kappa shape index (κ1) is 51.6. The van der Waals surface area contributed by atoms with Gasteiger partial charge in [0.25, 0.3) is 11.7 Å². The third-order valence-electron chi connectivity index (χ3n) is 8.65. The number of ether oxygens (including phenoxy) is 8. The van der Waals surface area contributed by atoms with Gasteiger partial charge in [0.1, 0.15) is 12.2 Å². The number of carbonyl (C=O) groups is 5. The number of benzene rings is 1. The summed E-state index contributed by atoms with van der Waals surface area (Å²) < 4.78 is 42.9. The number of hydrogen-bond donors (Lipinski definition) is 7. The van der Waals surface area contributed by atoms with E-state index in [4.69, 9.17) is 55.2 Å². The zero-order valence-corrected chi connectivity index (χ0v) is 34.5. The van der Waals surface area contributed by atoms with E-state index >= 15 is 0 Å². The van der Waals surface area contributed by atoms with Crippen LogP contribution in [0, 0.1) is 0 Å². The van der Waals surface area contributed by atoms with Crippen LogP contribution in [0.25, 0.3) is 0 Å². The van der Waals surface area contributed by atoms with Crippen LogP contribution in [0.4, 0.5) is 0 Å². The highest BCUT2D eigenvalue weighted by Crippen LogP contribution is 2.34. The van der Waals surface area contributed by atoms with Gasteiger partial charge in [0.15, 0.2) is 6.61 Å². The second-order valence-electron chi connectivity index (χ2n) is 13.4. The third-order valence-corrected chi connectivity index (χ3v) is 8.90. The van der Waals surface area contributed by atoms with Crippen molar-refractivity contribution in [1.29, 1.82) is 0 Å². The van der Waals surface area contributed by atoms with Crippen LogP contribution in [-0.4, -0.2) is 174 Å². The first-order valence-corrected chi connectivity index (χ1v) is 19.9. The molecule has 20 nitrogen and oxygen atoms in total. The Hall–Kier alpha value is -3.54. The van der Waals surface area contributed by atoms with Gasteiger partial charge in [0.05, 0.1) is 91.2 Å². The van der Waals surface area contributed by atoms with Gasteiger partial charge in [-0.25, -0.2) is 4.79 Å². The SMILES string of the molecule is COC(=O)[C@@]1(OCCCCCC(=O)NCCOCCOCCOCCOCCN)C[C@H](O)[C@@H](NC(=O)COC(C)=O)[C@H]([C@H](O)[C@H](O)CNC(=O)Cc2ccc(Cl)cc2)O1. The number of nitrogens with two attached hydrogens (primary N) is 1. The van der Waals surface area contributed by atoms with Gasteiger partial charge >= 0.3 is 11.9 Å².